The molecule has 0 aliphatic heterocycles. The van der Waals surface area contributed by atoms with E-state index in [0.29, 0.717) is 23.7 Å². The molecular weight excluding hydrogens is 378 g/mol. The first-order valence-corrected chi connectivity index (χ1v) is 9.43. The van der Waals surface area contributed by atoms with Crippen molar-refractivity contribution in [2.45, 2.75) is 20.5 Å². The summed E-state index contributed by atoms with van der Waals surface area (Å²) in [4.78, 5) is 9.07. The van der Waals surface area contributed by atoms with E-state index in [1.54, 1.807) is 17.9 Å². The molecule has 0 radical (unpaired) electrons. The van der Waals surface area contributed by atoms with E-state index >= 15 is 0 Å². The van der Waals surface area contributed by atoms with Crippen LogP contribution in [0.2, 0.25) is 0 Å². The average molecular weight is 399 g/mol. The summed E-state index contributed by atoms with van der Waals surface area (Å²) in [5.41, 5.74) is 11.3. The van der Waals surface area contributed by atoms with Crippen molar-refractivity contribution in [2.75, 3.05) is 12.8 Å². The number of ether oxygens (including phenoxy) is 2. The van der Waals surface area contributed by atoms with Crippen molar-refractivity contribution in [3.8, 4) is 23.4 Å². The molecule has 0 saturated heterocycles. The third-order valence-corrected chi connectivity index (χ3v) is 5.04. The van der Waals surface area contributed by atoms with E-state index in [4.69, 9.17) is 15.2 Å². The molecule has 7 nitrogen and oxygen atoms in total. The van der Waals surface area contributed by atoms with Crippen molar-refractivity contribution in [3.05, 3.63) is 70.9 Å². The van der Waals surface area contributed by atoms with Crippen molar-refractivity contribution < 1.29 is 9.47 Å². The molecule has 0 amide bonds. The summed E-state index contributed by atoms with van der Waals surface area (Å²) < 4.78 is 13.0. The Morgan fingerprint density at radius 2 is 1.90 bits per heavy atom. The SMILES string of the molecule is COc1ccc(C)c(-n2c(N)c(C#N)c3nc(OCc4ccccc4)cnc32)c1C. The fourth-order valence-corrected chi connectivity index (χ4v) is 3.57. The topological polar surface area (TPSA) is 99.0 Å². The molecule has 4 aromatic rings. The van der Waals surface area contributed by atoms with E-state index in [1.807, 2.05) is 56.3 Å². The van der Waals surface area contributed by atoms with Crippen LogP contribution in [-0.2, 0) is 6.61 Å². The van der Waals surface area contributed by atoms with Gasteiger partial charge in [-0.2, -0.15) is 5.26 Å². The summed E-state index contributed by atoms with van der Waals surface area (Å²) in [5, 5.41) is 9.74. The second-order valence-corrected chi connectivity index (χ2v) is 6.92. The number of hydrogen-bond donors (Lipinski definition) is 1. The molecule has 0 fully saturated rings. The number of nitriles is 1. The molecule has 4 rings (SSSR count). The molecule has 7 heteroatoms. The maximum atomic E-state index is 9.74. The molecule has 0 aliphatic rings. The number of aryl methyl sites for hydroxylation is 1. The molecule has 0 saturated carbocycles. The number of benzene rings is 2. The largest absolute Gasteiger partial charge is 0.496 e. The molecule has 0 unspecified atom stereocenters. The van der Waals surface area contributed by atoms with Crippen LogP contribution in [0.1, 0.15) is 22.3 Å². The minimum Gasteiger partial charge on any atom is -0.496 e. The number of nitrogens with two attached hydrogens (primary N) is 1. The minimum absolute atomic E-state index is 0.268. The highest BCUT2D eigenvalue weighted by molar-refractivity contribution is 5.89. The molecule has 0 spiro atoms. The highest BCUT2D eigenvalue weighted by Crippen LogP contribution is 2.35. The molecule has 30 heavy (non-hydrogen) atoms. The molecule has 2 heterocycles. The number of anilines is 1. The Bertz CT molecular complexity index is 1270. The van der Waals surface area contributed by atoms with Crippen LogP contribution in [0.15, 0.2) is 48.7 Å². The van der Waals surface area contributed by atoms with Crippen LogP contribution in [0.5, 0.6) is 11.6 Å². The summed E-state index contributed by atoms with van der Waals surface area (Å²) in [6.07, 6.45) is 1.55. The smallest absolute Gasteiger partial charge is 0.233 e. The van der Waals surface area contributed by atoms with E-state index in [1.165, 1.54) is 0 Å². The fraction of sp³-hybridized carbons (Fsp3) is 0.174. The monoisotopic (exact) mass is 399 g/mol. The Labute approximate surface area is 174 Å². The average Bonchev–Trinajstić information content (AvgIpc) is 3.04. The highest BCUT2D eigenvalue weighted by Gasteiger charge is 2.22. The van der Waals surface area contributed by atoms with Gasteiger partial charge in [0, 0.05) is 5.56 Å². The minimum atomic E-state index is 0.268. The lowest BCUT2D eigenvalue weighted by Gasteiger charge is -2.16. The molecule has 0 bridgehead atoms. The molecule has 2 aromatic carbocycles. The Morgan fingerprint density at radius 3 is 2.60 bits per heavy atom. The standard InChI is InChI=1S/C23H21N5O2/c1-14-9-10-18(29-3)15(2)21(14)28-22(25)17(11-24)20-23(28)26-12-19(27-20)30-13-16-7-5-4-6-8-16/h4-10,12H,13,25H2,1-3H3. The van der Waals surface area contributed by atoms with Crippen LogP contribution in [0.25, 0.3) is 16.9 Å². The van der Waals surface area contributed by atoms with Crippen molar-refractivity contribution in [1.29, 1.82) is 5.26 Å². The lowest BCUT2D eigenvalue weighted by atomic mass is 10.1. The van der Waals surface area contributed by atoms with Gasteiger partial charge in [-0.25, -0.2) is 9.97 Å². The number of methoxy groups -OCH3 is 1. The molecular formula is C23H21N5O2. The summed E-state index contributed by atoms with van der Waals surface area (Å²) in [6, 6.07) is 15.8. The second kappa shape index (κ2) is 7.76. The number of nitrogen functional groups attached to an aromatic ring is 1. The summed E-state index contributed by atoms with van der Waals surface area (Å²) in [5.74, 6) is 1.34. The van der Waals surface area contributed by atoms with E-state index in [0.717, 1.165) is 28.1 Å². The predicted octanol–water partition coefficient (Wildman–Crippen LogP) is 4.08. The van der Waals surface area contributed by atoms with Crippen molar-refractivity contribution in [1.82, 2.24) is 14.5 Å². The van der Waals surface area contributed by atoms with Gasteiger partial charge in [0.25, 0.3) is 0 Å². The first-order chi connectivity index (χ1) is 14.5. The first-order valence-electron chi connectivity index (χ1n) is 9.43. The van der Waals surface area contributed by atoms with Crippen LogP contribution < -0.4 is 15.2 Å². The summed E-state index contributed by atoms with van der Waals surface area (Å²) >= 11 is 0. The van der Waals surface area contributed by atoms with E-state index in [9.17, 15) is 5.26 Å². The fourth-order valence-electron chi connectivity index (χ4n) is 3.57. The van der Waals surface area contributed by atoms with Crippen molar-refractivity contribution >= 4 is 17.0 Å². The predicted molar refractivity (Wildman–Crippen MR) is 115 cm³/mol. The van der Waals surface area contributed by atoms with Gasteiger partial charge in [-0.15, -0.1) is 0 Å². The lowest BCUT2D eigenvalue weighted by molar-refractivity contribution is 0.294. The number of hydrogen-bond acceptors (Lipinski definition) is 6. The third kappa shape index (κ3) is 3.18. The van der Waals surface area contributed by atoms with Gasteiger partial charge in [-0.3, -0.25) is 4.57 Å². The van der Waals surface area contributed by atoms with Gasteiger partial charge in [0.15, 0.2) is 5.65 Å². The number of nitrogens with zero attached hydrogens (tertiary/aromatic N) is 4. The number of aromatic nitrogens is 3. The van der Waals surface area contributed by atoms with Crippen LogP contribution in [0, 0.1) is 25.2 Å². The zero-order valence-corrected chi connectivity index (χ0v) is 17.0. The van der Waals surface area contributed by atoms with Gasteiger partial charge >= 0.3 is 0 Å². The van der Waals surface area contributed by atoms with Gasteiger partial charge in [0.05, 0.1) is 19.0 Å². The lowest BCUT2D eigenvalue weighted by Crippen LogP contribution is -2.06. The van der Waals surface area contributed by atoms with E-state index in [-0.39, 0.29) is 11.4 Å². The Morgan fingerprint density at radius 1 is 1.13 bits per heavy atom. The van der Waals surface area contributed by atoms with Crippen LogP contribution >= 0.6 is 0 Å². The van der Waals surface area contributed by atoms with Crippen LogP contribution in [0.3, 0.4) is 0 Å². The normalized spacial score (nSPS) is 10.7. The first kappa shape index (κ1) is 19.3. The van der Waals surface area contributed by atoms with Crippen molar-refractivity contribution in [3.63, 3.8) is 0 Å². The van der Waals surface area contributed by atoms with Crippen LogP contribution in [0.4, 0.5) is 5.82 Å². The maximum Gasteiger partial charge on any atom is 0.233 e. The molecule has 2 N–H and O–H groups in total. The van der Waals surface area contributed by atoms with E-state index < -0.39 is 0 Å². The van der Waals surface area contributed by atoms with Gasteiger partial charge in [-0.05, 0) is 31.0 Å². The van der Waals surface area contributed by atoms with Crippen LogP contribution in [-0.4, -0.2) is 21.6 Å². The van der Waals surface area contributed by atoms with Crippen molar-refractivity contribution in [2.24, 2.45) is 0 Å². The quantitative estimate of drug-likeness (QED) is 0.543. The highest BCUT2D eigenvalue weighted by atomic mass is 16.5. The van der Waals surface area contributed by atoms with Gasteiger partial charge in [0.1, 0.15) is 35.3 Å². The zero-order valence-electron chi connectivity index (χ0n) is 17.0. The summed E-state index contributed by atoms with van der Waals surface area (Å²) in [6.45, 7) is 4.28. The molecule has 0 aliphatic carbocycles. The van der Waals surface area contributed by atoms with Gasteiger partial charge in [-0.1, -0.05) is 36.4 Å². The van der Waals surface area contributed by atoms with Gasteiger partial charge in [0.2, 0.25) is 5.88 Å². The maximum absolute atomic E-state index is 9.74. The Kier molecular flexibility index (Phi) is 4.98. The number of rotatable bonds is 5. The zero-order chi connectivity index (χ0) is 21.3. The Hall–Kier alpha value is -4.05. The molecule has 150 valence electrons. The second-order valence-electron chi connectivity index (χ2n) is 6.92. The molecule has 0 atom stereocenters. The third-order valence-electron chi connectivity index (χ3n) is 5.04. The summed E-state index contributed by atoms with van der Waals surface area (Å²) in [7, 11) is 1.62. The van der Waals surface area contributed by atoms with E-state index in [2.05, 4.69) is 16.0 Å². The van der Waals surface area contributed by atoms with Gasteiger partial charge < -0.3 is 15.2 Å². The Balaban J connectivity index is 1.84. The molecule has 2 aromatic heterocycles. The number of fused-ring (bicyclic) bond motifs is 1.